The number of carboxylic acid groups (broad SMARTS) is 1. The number of anilines is 1. The number of rotatable bonds is 18. The third-order valence-electron chi connectivity index (χ3n) is 7.42. The second-order valence-electron chi connectivity index (χ2n) is 11.4. The van der Waals surface area contributed by atoms with Gasteiger partial charge in [0.25, 0.3) is 30.4 Å². The van der Waals surface area contributed by atoms with Crippen molar-refractivity contribution in [2.24, 2.45) is 0 Å². The second kappa shape index (κ2) is 17.1. The fourth-order valence-corrected chi connectivity index (χ4v) is 7.60. The molecule has 50 heavy (non-hydrogen) atoms. The zero-order valence-corrected chi connectivity index (χ0v) is 31.0. The minimum atomic E-state index is -5.11. The van der Waals surface area contributed by atoms with Gasteiger partial charge in [0.1, 0.15) is 6.54 Å². The van der Waals surface area contributed by atoms with Crippen LogP contribution in [0.1, 0.15) is 57.1 Å². The number of aryl methyl sites for hydroxylation is 2. The number of aliphatic carboxylic acids is 1. The van der Waals surface area contributed by atoms with E-state index < -0.39 is 62.0 Å². The summed E-state index contributed by atoms with van der Waals surface area (Å²) >= 11 is 0. The van der Waals surface area contributed by atoms with Crippen molar-refractivity contribution in [3.8, 4) is 0 Å². The first kappa shape index (κ1) is 42.7. The van der Waals surface area contributed by atoms with Gasteiger partial charge in [0.05, 0.1) is 15.5 Å². The molecule has 0 amide bonds. The van der Waals surface area contributed by atoms with Crippen LogP contribution >= 0.6 is 0 Å². The van der Waals surface area contributed by atoms with Gasteiger partial charge in [-0.15, -0.1) is 0 Å². The van der Waals surface area contributed by atoms with Crippen molar-refractivity contribution in [2.75, 3.05) is 23.7 Å². The smallest absolute Gasteiger partial charge is 0.303 e. The third kappa shape index (κ3) is 13.0. The molecule has 0 heterocycles. The maximum atomic E-state index is 12.4. The average molecular weight is 782 g/mol. The largest absolute Gasteiger partial charge is 0.481 e. The molecule has 0 aromatic heterocycles. The van der Waals surface area contributed by atoms with E-state index in [0.717, 1.165) is 6.07 Å². The highest BCUT2D eigenvalue weighted by atomic mass is 32.2. The molecule has 5 N–H and O–H groups in total. The van der Waals surface area contributed by atoms with Crippen LogP contribution in [0.2, 0.25) is 0 Å². The topological polar surface area (TPSA) is 261 Å². The lowest BCUT2D eigenvalue weighted by molar-refractivity contribution is -0.443. The van der Waals surface area contributed by atoms with E-state index in [4.69, 9.17) is 5.11 Å². The highest BCUT2D eigenvalue weighted by Crippen LogP contribution is 2.32. The molecule has 0 aliphatic heterocycles. The Morgan fingerprint density at radius 2 is 1.38 bits per heavy atom. The van der Waals surface area contributed by atoms with Crippen molar-refractivity contribution in [2.45, 2.75) is 74.5 Å². The summed E-state index contributed by atoms with van der Waals surface area (Å²) in [5.74, 6) is -1.63. The lowest BCUT2D eigenvalue weighted by atomic mass is 10.1. The number of benzene rings is 2. The quantitative estimate of drug-likeness (QED) is 0.0470. The average Bonchev–Trinajstić information content (AvgIpc) is 2.95. The normalized spacial score (nSPS) is 13.8. The molecule has 2 aromatic carbocycles. The predicted molar refractivity (Wildman–Crippen MR) is 185 cm³/mol. The molecular weight excluding hydrogens is 741 g/mol. The third-order valence-corrected chi connectivity index (χ3v) is 10.8. The molecule has 2 rings (SSSR count). The second-order valence-corrected chi connectivity index (χ2v) is 17.2. The van der Waals surface area contributed by atoms with E-state index in [9.17, 15) is 56.7 Å². The number of nitrogens with zero attached hydrogens (tertiary/aromatic N) is 2. The highest BCUT2D eigenvalue weighted by molar-refractivity contribution is 7.87. The van der Waals surface area contributed by atoms with Gasteiger partial charge in [0.15, 0.2) is 10.6 Å². The fraction of sp³-hybridized carbons (Fsp3) is 0.400. The van der Waals surface area contributed by atoms with Crippen LogP contribution in [0.15, 0.2) is 68.9 Å². The van der Waals surface area contributed by atoms with Crippen LogP contribution in [0.5, 0.6) is 0 Å². The summed E-state index contributed by atoms with van der Waals surface area (Å²) in [6.45, 7) is 6.40. The molecule has 0 fully saturated rings. The molecule has 0 radical (unpaired) electrons. The Morgan fingerprint density at radius 3 is 1.90 bits per heavy atom. The number of carboxylic acids is 1. The van der Waals surface area contributed by atoms with E-state index in [-0.39, 0.29) is 41.2 Å². The predicted octanol–water partition coefficient (Wildman–Crippen LogP) is 4.04. The standard InChI is InChI=1S/C30H40N2O14S4/c1-21-18-25(48(38,39)40)13-14-27(21)31(15-7-5-6-12-29(33)34)23(3)10-8-11-24(4)32(16-9-17-47(35,36)37)30-22(2)19-26(49(41,42)43)20-28(30)50(44,45)46/h8,10-11,13-14,18-20H,5-7,9,12,15-17H2,1-4H3,(H4-,33,34,35,36,37,38,39,40,41,42,43,44,45,46)/p+1. The van der Waals surface area contributed by atoms with Crippen LogP contribution < -0.4 is 4.90 Å². The Hall–Kier alpha value is -3.50. The van der Waals surface area contributed by atoms with Gasteiger partial charge in [-0.25, -0.2) is 0 Å². The molecule has 0 saturated heterocycles. The monoisotopic (exact) mass is 781 g/mol. The molecule has 0 saturated carbocycles. The van der Waals surface area contributed by atoms with Gasteiger partial charge >= 0.3 is 16.1 Å². The summed E-state index contributed by atoms with van der Waals surface area (Å²) in [6, 6.07) is 5.59. The van der Waals surface area contributed by atoms with Gasteiger partial charge in [0.2, 0.25) is 5.69 Å². The fourth-order valence-electron chi connectivity index (χ4n) is 5.08. The number of carbonyl (C=O) groups is 1. The van der Waals surface area contributed by atoms with Crippen LogP contribution in [0.25, 0.3) is 0 Å². The minimum Gasteiger partial charge on any atom is -0.481 e. The highest BCUT2D eigenvalue weighted by Gasteiger charge is 2.31. The molecule has 0 unspecified atom stereocenters. The van der Waals surface area contributed by atoms with Gasteiger partial charge < -0.3 is 10.0 Å². The van der Waals surface area contributed by atoms with Gasteiger partial charge in [-0.3, -0.25) is 23.0 Å². The van der Waals surface area contributed by atoms with E-state index in [2.05, 4.69) is 0 Å². The first-order valence-corrected chi connectivity index (χ1v) is 20.8. The molecule has 278 valence electrons. The van der Waals surface area contributed by atoms with Crippen LogP contribution in [0, 0.1) is 13.8 Å². The van der Waals surface area contributed by atoms with E-state index in [0.29, 0.717) is 48.8 Å². The lowest BCUT2D eigenvalue weighted by Gasteiger charge is -2.27. The van der Waals surface area contributed by atoms with E-state index in [1.165, 1.54) is 42.7 Å². The van der Waals surface area contributed by atoms with Crippen molar-refractivity contribution < 1.29 is 66.4 Å². The zero-order chi connectivity index (χ0) is 38.2. The Labute approximate surface area is 292 Å². The molecule has 0 aliphatic carbocycles. The summed E-state index contributed by atoms with van der Waals surface area (Å²) in [6.07, 6.45) is 6.08. The Morgan fingerprint density at radius 1 is 0.780 bits per heavy atom. The van der Waals surface area contributed by atoms with Crippen molar-refractivity contribution in [1.29, 1.82) is 0 Å². The number of unbranched alkanes of at least 4 members (excludes halogenated alkanes) is 2. The maximum absolute atomic E-state index is 12.4. The Balaban J connectivity index is 2.69. The summed E-state index contributed by atoms with van der Waals surface area (Å²) in [5.41, 5.74) is 1.79. The molecular formula is C30H41N2O14S4+. The molecule has 0 spiro atoms. The molecule has 2 aromatic rings. The van der Waals surface area contributed by atoms with E-state index in [1.807, 2.05) is 4.90 Å². The first-order valence-electron chi connectivity index (χ1n) is 14.9. The Kier molecular flexibility index (Phi) is 14.6. The first-order chi connectivity index (χ1) is 22.8. The maximum Gasteiger partial charge on any atom is 0.303 e. The van der Waals surface area contributed by atoms with Crippen LogP contribution in [-0.2, 0) is 45.3 Å². The molecule has 16 nitrogen and oxygen atoms in total. The minimum absolute atomic E-state index is 0.00714. The van der Waals surface area contributed by atoms with Gasteiger partial charge in [-0.1, -0.05) is 12.5 Å². The van der Waals surface area contributed by atoms with E-state index >= 15 is 0 Å². The van der Waals surface area contributed by atoms with Crippen molar-refractivity contribution >= 4 is 63.5 Å². The summed E-state index contributed by atoms with van der Waals surface area (Å²) < 4.78 is 134. The van der Waals surface area contributed by atoms with Crippen LogP contribution in [0.4, 0.5) is 11.4 Å². The van der Waals surface area contributed by atoms with Crippen LogP contribution in [0.3, 0.4) is 0 Å². The molecule has 0 aliphatic rings. The summed E-state index contributed by atoms with van der Waals surface area (Å²) in [7, 11) is -18.9. The van der Waals surface area contributed by atoms with Gasteiger partial charge in [-0.2, -0.15) is 38.2 Å². The van der Waals surface area contributed by atoms with E-state index in [1.54, 1.807) is 26.0 Å². The molecule has 0 bridgehead atoms. The number of hydrogen-bond acceptors (Lipinski definition) is 10. The zero-order valence-electron chi connectivity index (χ0n) is 27.7. The lowest BCUT2D eigenvalue weighted by Crippen LogP contribution is -2.23. The molecule has 20 heteroatoms. The number of allylic oxidation sites excluding steroid dienone is 4. The SMILES string of the molecule is C\C(=C/C=C/C(C)=[N+](\CCCS(=O)(=O)O)c1c(C)cc(S(=O)(=O)O)cc1S(=O)(=O)O)N(CCCCCC(=O)O)c1ccc(S(=O)(=O)O)cc1C. The van der Waals surface area contributed by atoms with Gasteiger partial charge in [-0.05, 0) is 75.6 Å². The van der Waals surface area contributed by atoms with Crippen molar-refractivity contribution in [3.63, 3.8) is 0 Å². The summed E-state index contributed by atoms with van der Waals surface area (Å²) in [4.78, 5) is 10.8. The van der Waals surface area contributed by atoms with Crippen LogP contribution in [-0.4, -0.2) is 92.1 Å². The van der Waals surface area contributed by atoms with Gasteiger partial charge in [0, 0.05) is 49.3 Å². The Bertz CT molecular complexity index is 2140. The number of hydrogen-bond donors (Lipinski definition) is 5. The summed E-state index contributed by atoms with van der Waals surface area (Å²) in [5, 5.41) is 8.95. The molecule has 0 atom stereocenters. The van der Waals surface area contributed by atoms with Crippen molar-refractivity contribution in [1.82, 2.24) is 0 Å². The van der Waals surface area contributed by atoms with Crippen molar-refractivity contribution in [3.05, 3.63) is 65.4 Å².